The molecule has 15 heavy (non-hydrogen) atoms. The number of rotatable bonds is 4. The molecule has 0 saturated carbocycles. The Hall–Kier alpha value is -1.51. The van der Waals surface area contributed by atoms with Crippen molar-refractivity contribution < 1.29 is 13.9 Å². The lowest BCUT2D eigenvalue weighted by Gasteiger charge is -2.10. The molecule has 0 aliphatic carbocycles. The smallest absolute Gasteiger partial charge is 0.126 e. The number of aliphatic hydroxyl groups is 1. The molecule has 1 aromatic carbocycles. The predicted octanol–water partition coefficient (Wildman–Crippen LogP) is 1.11. The van der Waals surface area contributed by atoms with Gasteiger partial charge in [-0.3, -0.25) is 5.32 Å². The average molecular weight is 212 g/mol. The van der Waals surface area contributed by atoms with Crippen molar-refractivity contribution in [3.05, 3.63) is 35.4 Å². The van der Waals surface area contributed by atoms with Crippen molar-refractivity contribution in [1.82, 2.24) is 5.32 Å². The Kier molecular flexibility index (Phi) is 4.16. The van der Waals surface area contributed by atoms with E-state index < -0.39 is 17.7 Å². The van der Waals surface area contributed by atoms with E-state index in [0.29, 0.717) is 0 Å². The molecule has 2 N–H and O–H groups in total. The molecule has 0 heterocycles. The summed E-state index contributed by atoms with van der Waals surface area (Å²) in [6.45, 7) is 0.0480. The van der Waals surface area contributed by atoms with Gasteiger partial charge in [0.2, 0.25) is 0 Å². The summed E-state index contributed by atoms with van der Waals surface area (Å²) in [5.74, 6) is -1.45. The number of aliphatic hydroxyl groups excluding tert-OH is 1. The molecule has 0 aliphatic heterocycles. The lowest BCUT2D eigenvalue weighted by atomic mass is 10.1. The monoisotopic (exact) mass is 212 g/mol. The number of benzene rings is 1. The molecular formula is C10H10F2N2O. The van der Waals surface area contributed by atoms with Crippen molar-refractivity contribution in [3.8, 4) is 6.07 Å². The van der Waals surface area contributed by atoms with Crippen LogP contribution in [-0.4, -0.2) is 18.3 Å². The molecular weight excluding hydrogens is 202 g/mol. The van der Waals surface area contributed by atoms with Crippen molar-refractivity contribution in [2.24, 2.45) is 0 Å². The molecule has 5 heteroatoms. The van der Waals surface area contributed by atoms with E-state index in [1.807, 2.05) is 6.07 Å². The van der Waals surface area contributed by atoms with E-state index in [1.54, 1.807) is 0 Å². The van der Waals surface area contributed by atoms with Crippen LogP contribution in [0.15, 0.2) is 18.2 Å². The van der Waals surface area contributed by atoms with Crippen molar-refractivity contribution in [2.75, 3.05) is 13.2 Å². The lowest BCUT2D eigenvalue weighted by molar-refractivity contribution is 0.289. The molecule has 0 radical (unpaired) electrons. The molecule has 1 rings (SSSR count). The third-order valence-corrected chi connectivity index (χ3v) is 1.81. The Labute approximate surface area is 86.0 Å². The lowest BCUT2D eigenvalue weighted by Crippen LogP contribution is -2.23. The molecule has 0 amide bonds. The molecule has 1 atom stereocenters. The fraction of sp³-hybridized carbons (Fsp3) is 0.300. The summed E-state index contributed by atoms with van der Waals surface area (Å²) in [5, 5.41) is 19.9. The number of hydrogen-bond donors (Lipinski definition) is 2. The van der Waals surface area contributed by atoms with Crippen LogP contribution in [0.3, 0.4) is 0 Å². The summed E-state index contributed by atoms with van der Waals surface area (Å²) in [4.78, 5) is 0. The molecule has 0 bridgehead atoms. The highest BCUT2D eigenvalue weighted by atomic mass is 19.1. The number of nitrogens with one attached hydrogen (secondary N) is 1. The van der Waals surface area contributed by atoms with Crippen LogP contribution in [0.2, 0.25) is 0 Å². The van der Waals surface area contributed by atoms with Crippen LogP contribution in [0.25, 0.3) is 0 Å². The highest BCUT2D eigenvalue weighted by Crippen LogP contribution is 2.15. The summed E-state index contributed by atoms with van der Waals surface area (Å²) >= 11 is 0. The Morgan fingerprint density at radius 2 is 1.93 bits per heavy atom. The van der Waals surface area contributed by atoms with Gasteiger partial charge in [0, 0.05) is 12.6 Å². The zero-order chi connectivity index (χ0) is 11.3. The van der Waals surface area contributed by atoms with Crippen LogP contribution in [-0.2, 0) is 0 Å². The van der Waals surface area contributed by atoms with Crippen LogP contribution >= 0.6 is 0 Å². The van der Waals surface area contributed by atoms with E-state index in [-0.39, 0.29) is 18.7 Å². The normalized spacial score (nSPS) is 12.1. The largest absolute Gasteiger partial charge is 0.395 e. The van der Waals surface area contributed by atoms with Gasteiger partial charge < -0.3 is 5.11 Å². The number of nitriles is 1. The van der Waals surface area contributed by atoms with Crippen LogP contribution in [0, 0.1) is 23.0 Å². The quantitative estimate of drug-likeness (QED) is 0.786. The van der Waals surface area contributed by atoms with Gasteiger partial charge >= 0.3 is 0 Å². The maximum absolute atomic E-state index is 12.8. The standard InChI is InChI=1S/C10H10F2N2O/c11-8-3-7(4-9(12)5-8)10(6-13)14-1-2-15/h3-5,10,14-15H,1-2H2. The number of nitrogens with zero attached hydrogens (tertiary/aromatic N) is 1. The van der Waals surface area contributed by atoms with Gasteiger partial charge in [0.25, 0.3) is 0 Å². The van der Waals surface area contributed by atoms with Crippen LogP contribution in [0.1, 0.15) is 11.6 Å². The first-order chi connectivity index (χ1) is 7.17. The molecule has 80 valence electrons. The Morgan fingerprint density at radius 1 is 1.33 bits per heavy atom. The maximum atomic E-state index is 12.8. The third kappa shape index (κ3) is 3.27. The first-order valence-corrected chi connectivity index (χ1v) is 4.37. The van der Waals surface area contributed by atoms with Crippen molar-refractivity contribution >= 4 is 0 Å². The molecule has 3 nitrogen and oxygen atoms in total. The number of hydrogen-bond acceptors (Lipinski definition) is 3. The van der Waals surface area contributed by atoms with Crippen LogP contribution in [0.4, 0.5) is 8.78 Å². The van der Waals surface area contributed by atoms with Gasteiger partial charge in [-0.15, -0.1) is 0 Å². The van der Waals surface area contributed by atoms with E-state index >= 15 is 0 Å². The highest BCUT2D eigenvalue weighted by Gasteiger charge is 2.11. The minimum atomic E-state index is -0.817. The first-order valence-electron chi connectivity index (χ1n) is 4.37. The van der Waals surface area contributed by atoms with Crippen LogP contribution < -0.4 is 5.32 Å². The summed E-state index contributed by atoms with van der Waals surface area (Å²) in [7, 11) is 0. The Morgan fingerprint density at radius 3 is 2.40 bits per heavy atom. The van der Waals surface area contributed by atoms with Crippen molar-refractivity contribution in [1.29, 1.82) is 5.26 Å². The topological polar surface area (TPSA) is 56.0 Å². The maximum Gasteiger partial charge on any atom is 0.126 e. The van der Waals surface area contributed by atoms with Gasteiger partial charge in [0.05, 0.1) is 12.7 Å². The van der Waals surface area contributed by atoms with Gasteiger partial charge in [0.15, 0.2) is 0 Å². The van der Waals surface area contributed by atoms with E-state index in [1.165, 1.54) is 0 Å². The molecule has 0 fully saturated rings. The van der Waals surface area contributed by atoms with E-state index in [4.69, 9.17) is 10.4 Å². The second kappa shape index (κ2) is 5.39. The minimum absolute atomic E-state index is 0.143. The van der Waals surface area contributed by atoms with Gasteiger partial charge in [-0.1, -0.05) is 0 Å². The molecule has 1 aromatic rings. The fourth-order valence-corrected chi connectivity index (χ4v) is 1.19. The molecule has 0 aromatic heterocycles. The van der Waals surface area contributed by atoms with Gasteiger partial charge in [-0.25, -0.2) is 8.78 Å². The zero-order valence-corrected chi connectivity index (χ0v) is 7.87. The second-order valence-corrected chi connectivity index (χ2v) is 2.94. The molecule has 0 spiro atoms. The SMILES string of the molecule is N#CC(NCCO)c1cc(F)cc(F)c1. The predicted molar refractivity (Wildman–Crippen MR) is 49.8 cm³/mol. The second-order valence-electron chi connectivity index (χ2n) is 2.94. The summed E-state index contributed by atoms with van der Waals surface area (Å²) in [6.07, 6.45) is 0. The van der Waals surface area contributed by atoms with E-state index in [0.717, 1.165) is 18.2 Å². The molecule has 1 unspecified atom stereocenters. The van der Waals surface area contributed by atoms with Crippen molar-refractivity contribution in [2.45, 2.75) is 6.04 Å². The van der Waals surface area contributed by atoms with E-state index in [9.17, 15) is 8.78 Å². The average Bonchev–Trinajstić information content (AvgIpc) is 2.17. The highest BCUT2D eigenvalue weighted by molar-refractivity contribution is 5.25. The molecule has 0 saturated heterocycles. The Balaban J connectivity index is 2.87. The summed E-state index contributed by atoms with van der Waals surface area (Å²) in [6, 6.07) is 3.94. The molecule has 0 aliphatic rings. The zero-order valence-electron chi connectivity index (χ0n) is 7.87. The van der Waals surface area contributed by atoms with Crippen LogP contribution in [0.5, 0.6) is 0 Å². The van der Waals surface area contributed by atoms with Gasteiger partial charge in [-0.2, -0.15) is 5.26 Å². The summed E-state index contributed by atoms with van der Waals surface area (Å²) in [5.41, 5.74) is 0.212. The van der Waals surface area contributed by atoms with E-state index in [2.05, 4.69) is 5.32 Å². The third-order valence-electron chi connectivity index (χ3n) is 1.81. The fourth-order valence-electron chi connectivity index (χ4n) is 1.19. The minimum Gasteiger partial charge on any atom is -0.395 e. The number of halogens is 2. The summed E-state index contributed by atoms with van der Waals surface area (Å²) < 4.78 is 25.6. The van der Waals surface area contributed by atoms with Crippen molar-refractivity contribution in [3.63, 3.8) is 0 Å². The first kappa shape index (κ1) is 11.6. The van der Waals surface area contributed by atoms with Gasteiger partial charge in [0.1, 0.15) is 17.7 Å². The van der Waals surface area contributed by atoms with Gasteiger partial charge in [-0.05, 0) is 17.7 Å². The Bertz CT molecular complexity index is 356.